The molecule has 0 spiro atoms. The Morgan fingerprint density at radius 3 is 2.47 bits per heavy atom. The molecule has 17 heavy (non-hydrogen) atoms. The molecule has 0 atom stereocenters. The normalized spacial score (nSPS) is 11.9. The fourth-order valence-corrected chi connectivity index (χ4v) is 1.38. The van der Waals surface area contributed by atoms with E-state index in [0.29, 0.717) is 11.5 Å². The molecule has 0 radical (unpaired) electrons. The van der Waals surface area contributed by atoms with Crippen LogP contribution in [0, 0.1) is 0 Å². The number of carbonyl (C=O) groups is 1. The van der Waals surface area contributed by atoms with Crippen molar-refractivity contribution in [3.63, 3.8) is 0 Å². The lowest BCUT2D eigenvalue weighted by Crippen LogP contribution is -2.24. The summed E-state index contributed by atoms with van der Waals surface area (Å²) < 4.78 is 5.29. The van der Waals surface area contributed by atoms with E-state index < -0.39 is 11.6 Å². The van der Waals surface area contributed by atoms with Crippen LogP contribution in [0.5, 0.6) is 0 Å². The van der Waals surface area contributed by atoms with Crippen LogP contribution in [0.2, 0.25) is 0 Å². The molecule has 1 aromatic heterocycles. The summed E-state index contributed by atoms with van der Waals surface area (Å²) in [6, 6.07) is 0. The van der Waals surface area contributed by atoms with Crippen molar-refractivity contribution in [2.45, 2.75) is 39.2 Å². The first-order valence-electron chi connectivity index (χ1n) is 5.45. The van der Waals surface area contributed by atoms with E-state index in [1.54, 1.807) is 7.11 Å². The van der Waals surface area contributed by atoms with Crippen LogP contribution < -0.4 is 0 Å². The summed E-state index contributed by atoms with van der Waals surface area (Å²) in [6.07, 6.45) is 1.35. The lowest BCUT2D eigenvalue weighted by molar-refractivity contribution is 0.0111. The highest BCUT2D eigenvalue weighted by molar-refractivity contribution is 5.88. The highest BCUT2D eigenvalue weighted by Gasteiger charge is 2.26. The van der Waals surface area contributed by atoms with Gasteiger partial charge in [-0.1, -0.05) is 13.8 Å². The van der Waals surface area contributed by atoms with Crippen molar-refractivity contribution in [2.75, 3.05) is 7.11 Å². The Balaban J connectivity index is 3.33. The van der Waals surface area contributed by atoms with Crippen LogP contribution in [-0.2, 0) is 10.3 Å². The Morgan fingerprint density at radius 2 is 2.06 bits per heavy atom. The molecular weight excluding hydrogens is 220 g/mol. The third-order valence-corrected chi connectivity index (χ3v) is 2.64. The lowest BCUT2D eigenvalue weighted by Gasteiger charge is -2.22. The minimum absolute atomic E-state index is 0.0236. The van der Waals surface area contributed by atoms with Gasteiger partial charge in [0.1, 0.15) is 5.60 Å². The van der Waals surface area contributed by atoms with Crippen LogP contribution in [0.25, 0.3) is 0 Å². The highest BCUT2D eigenvalue weighted by atomic mass is 16.5. The molecule has 0 aliphatic carbocycles. The first-order chi connectivity index (χ1) is 7.79. The van der Waals surface area contributed by atoms with Crippen molar-refractivity contribution in [2.24, 2.45) is 0 Å². The zero-order valence-electron chi connectivity index (χ0n) is 10.8. The van der Waals surface area contributed by atoms with E-state index in [2.05, 4.69) is 9.97 Å². The van der Waals surface area contributed by atoms with E-state index >= 15 is 0 Å². The van der Waals surface area contributed by atoms with Gasteiger partial charge < -0.3 is 9.84 Å². The topological polar surface area (TPSA) is 72.3 Å². The van der Waals surface area contributed by atoms with Gasteiger partial charge in [-0.25, -0.2) is 14.8 Å². The zero-order chi connectivity index (χ0) is 13.2. The lowest BCUT2D eigenvalue weighted by atomic mass is 10.0. The molecule has 1 aromatic rings. The molecule has 0 aliphatic rings. The molecule has 0 bridgehead atoms. The van der Waals surface area contributed by atoms with Gasteiger partial charge in [0.25, 0.3) is 0 Å². The molecule has 0 aromatic carbocycles. The number of aromatic nitrogens is 2. The van der Waals surface area contributed by atoms with E-state index in [1.807, 2.05) is 27.7 Å². The van der Waals surface area contributed by atoms with Gasteiger partial charge in [0.05, 0.1) is 11.3 Å². The first kappa shape index (κ1) is 13.6. The van der Waals surface area contributed by atoms with Crippen LogP contribution >= 0.6 is 0 Å². The maximum absolute atomic E-state index is 11.0. The van der Waals surface area contributed by atoms with Gasteiger partial charge in [0.2, 0.25) is 0 Å². The van der Waals surface area contributed by atoms with Crippen molar-refractivity contribution in [1.82, 2.24) is 9.97 Å². The molecule has 1 rings (SSSR count). The Labute approximate surface area is 101 Å². The van der Waals surface area contributed by atoms with Gasteiger partial charge in [0.15, 0.2) is 5.82 Å². The number of hydrogen-bond donors (Lipinski definition) is 1. The van der Waals surface area contributed by atoms with Gasteiger partial charge in [-0.2, -0.15) is 0 Å². The number of rotatable bonds is 4. The van der Waals surface area contributed by atoms with E-state index in [9.17, 15) is 4.79 Å². The molecule has 1 heterocycles. The van der Waals surface area contributed by atoms with Crippen LogP contribution in [0.15, 0.2) is 6.20 Å². The summed E-state index contributed by atoms with van der Waals surface area (Å²) >= 11 is 0. The second kappa shape index (κ2) is 4.79. The highest BCUT2D eigenvalue weighted by Crippen LogP contribution is 2.23. The monoisotopic (exact) mass is 238 g/mol. The van der Waals surface area contributed by atoms with E-state index in [1.165, 1.54) is 6.20 Å². The van der Waals surface area contributed by atoms with Crippen molar-refractivity contribution >= 4 is 5.97 Å². The van der Waals surface area contributed by atoms with Crippen LogP contribution in [0.3, 0.4) is 0 Å². The summed E-state index contributed by atoms with van der Waals surface area (Å²) in [5.41, 5.74) is 0.0593. The zero-order valence-corrected chi connectivity index (χ0v) is 10.8. The summed E-state index contributed by atoms with van der Waals surface area (Å²) in [4.78, 5) is 19.4. The van der Waals surface area contributed by atoms with Crippen LogP contribution in [-0.4, -0.2) is 28.2 Å². The van der Waals surface area contributed by atoms with Crippen molar-refractivity contribution < 1.29 is 14.6 Å². The maximum Gasteiger partial charge on any atom is 0.339 e. The number of carboxylic acids is 1. The minimum Gasteiger partial charge on any atom is -0.478 e. The SMILES string of the molecule is COC(C)(C)c1ncc(C(=O)O)c(C(C)C)n1. The standard InChI is InChI=1S/C12H18N2O3/c1-7(2)9-8(10(15)16)6-13-11(14-9)12(3,4)17-5/h6-7H,1-5H3,(H,15,16). The molecule has 0 fully saturated rings. The number of hydrogen-bond acceptors (Lipinski definition) is 4. The Bertz CT molecular complexity index is 428. The maximum atomic E-state index is 11.0. The summed E-state index contributed by atoms with van der Waals surface area (Å²) in [5.74, 6) is -0.486. The molecule has 94 valence electrons. The van der Waals surface area contributed by atoms with Crippen molar-refractivity contribution in [1.29, 1.82) is 0 Å². The van der Waals surface area contributed by atoms with Crippen LogP contribution in [0.1, 0.15) is 55.5 Å². The average molecular weight is 238 g/mol. The largest absolute Gasteiger partial charge is 0.478 e. The van der Waals surface area contributed by atoms with E-state index in [0.717, 1.165) is 0 Å². The quantitative estimate of drug-likeness (QED) is 0.870. The molecule has 1 N–H and O–H groups in total. The molecular formula is C12H18N2O3. The molecule has 0 saturated carbocycles. The average Bonchev–Trinajstić information content (AvgIpc) is 2.28. The van der Waals surface area contributed by atoms with Gasteiger partial charge >= 0.3 is 5.97 Å². The molecule has 0 saturated heterocycles. The third kappa shape index (κ3) is 2.79. The second-order valence-electron chi connectivity index (χ2n) is 4.67. The molecule has 5 nitrogen and oxygen atoms in total. The number of ether oxygens (including phenoxy) is 1. The van der Waals surface area contributed by atoms with Crippen LogP contribution in [0.4, 0.5) is 0 Å². The van der Waals surface area contributed by atoms with E-state index in [-0.39, 0.29) is 11.5 Å². The third-order valence-electron chi connectivity index (χ3n) is 2.64. The fourth-order valence-electron chi connectivity index (χ4n) is 1.38. The number of methoxy groups -OCH3 is 1. The molecule has 0 amide bonds. The van der Waals surface area contributed by atoms with Gasteiger partial charge in [-0.3, -0.25) is 0 Å². The van der Waals surface area contributed by atoms with Gasteiger partial charge in [-0.05, 0) is 19.8 Å². The van der Waals surface area contributed by atoms with Gasteiger partial charge in [-0.15, -0.1) is 0 Å². The number of nitrogens with zero attached hydrogens (tertiary/aromatic N) is 2. The summed E-state index contributed by atoms with van der Waals surface area (Å²) in [7, 11) is 1.57. The Kier molecular flexibility index (Phi) is 3.83. The molecule has 5 heteroatoms. The Hall–Kier alpha value is -1.49. The summed E-state index contributed by atoms with van der Waals surface area (Å²) in [5, 5.41) is 9.05. The minimum atomic E-state index is -1.00. The first-order valence-corrected chi connectivity index (χ1v) is 5.45. The number of carboxylic acid groups (broad SMARTS) is 1. The van der Waals surface area contributed by atoms with Crippen molar-refractivity contribution in [3.8, 4) is 0 Å². The van der Waals surface area contributed by atoms with Gasteiger partial charge in [0, 0.05) is 13.3 Å². The smallest absolute Gasteiger partial charge is 0.339 e. The van der Waals surface area contributed by atoms with E-state index in [4.69, 9.17) is 9.84 Å². The summed E-state index contributed by atoms with van der Waals surface area (Å²) in [6.45, 7) is 7.48. The Morgan fingerprint density at radius 1 is 1.47 bits per heavy atom. The fraction of sp³-hybridized carbons (Fsp3) is 0.583. The predicted octanol–water partition coefficient (Wildman–Crippen LogP) is 2.18. The number of aromatic carboxylic acids is 1. The molecule has 0 aliphatic heterocycles. The van der Waals surface area contributed by atoms with Crippen molar-refractivity contribution in [3.05, 3.63) is 23.3 Å². The second-order valence-corrected chi connectivity index (χ2v) is 4.67. The predicted molar refractivity (Wildman–Crippen MR) is 63.1 cm³/mol. The molecule has 0 unspecified atom stereocenters.